The number of nitrogens with zero attached hydrogens (tertiary/aromatic N) is 4. The molecule has 0 aliphatic carbocycles. The molecule has 0 spiro atoms. The van der Waals surface area contributed by atoms with Crippen molar-refractivity contribution in [2.24, 2.45) is 4.99 Å². The summed E-state index contributed by atoms with van der Waals surface area (Å²) in [7, 11) is 5.87. The Morgan fingerprint density at radius 3 is 2.68 bits per heavy atom. The number of aromatic nitrogens is 1. The van der Waals surface area contributed by atoms with Gasteiger partial charge in [0.2, 0.25) is 0 Å². The van der Waals surface area contributed by atoms with Crippen molar-refractivity contribution in [2.75, 3.05) is 39.1 Å². The summed E-state index contributed by atoms with van der Waals surface area (Å²) < 4.78 is 0. The molecular formula is C12H22IN5S. The first-order valence-corrected chi connectivity index (χ1v) is 7.16. The molecule has 19 heavy (non-hydrogen) atoms. The normalized spacial score (nSPS) is 15.3. The van der Waals surface area contributed by atoms with Crippen LogP contribution in [0.2, 0.25) is 0 Å². The van der Waals surface area contributed by atoms with E-state index in [0.717, 1.165) is 36.4 Å². The lowest BCUT2D eigenvalue weighted by Gasteiger charge is -2.20. The van der Waals surface area contributed by atoms with Crippen LogP contribution in [0.15, 0.2) is 10.4 Å². The number of aliphatic imine (C=N–C) groups is 1. The van der Waals surface area contributed by atoms with Crippen LogP contribution in [0.4, 0.5) is 5.13 Å². The zero-order valence-electron chi connectivity index (χ0n) is 11.7. The molecule has 0 aromatic carbocycles. The van der Waals surface area contributed by atoms with Gasteiger partial charge in [-0.25, -0.2) is 4.98 Å². The van der Waals surface area contributed by atoms with Gasteiger partial charge in [-0.05, 0) is 12.8 Å². The number of hydrogen-bond acceptors (Lipinski definition) is 4. The molecule has 0 atom stereocenters. The molecule has 2 heterocycles. The highest BCUT2D eigenvalue weighted by molar-refractivity contribution is 14.0. The molecule has 1 aromatic rings. The molecule has 0 bridgehead atoms. The number of rotatable bonds is 3. The van der Waals surface area contributed by atoms with Crippen LogP contribution in [0, 0.1) is 0 Å². The van der Waals surface area contributed by atoms with Crippen LogP contribution in [0.3, 0.4) is 0 Å². The quantitative estimate of drug-likeness (QED) is 0.483. The van der Waals surface area contributed by atoms with E-state index in [1.807, 2.05) is 26.0 Å². The topological polar surface area (TPSA) is 43.8 Å². The average molecular weight is 395 g/mol. The van der Waals surface area contributed by atoms with Gasteiger partial charge in [0.15, 0.2) is 11.1 Å². The van der Waals surface area contributed by atoms with E-state index >= 15 is 0 Å². The molecule has 0 amide bonds. The van der Waals surface area contributed by atoms with Gasteiger partial charge in [0, 0.05) is 39.6 Å². The van der Waals surface area contributed by atoms with Gasteiger partial charge >= 0.3 is 0 Å². The van der Waals surface area contributed by atoms with Crippen molar-refractivity contribution in [3.8, 4) is 0 Å². The first-order chi connectivity index (χ1) is 8.70. The third-order valence-electron chi connectivity index (χ3n) is 2.97. The first-order valence-electron chi connectivity index (χ1n) is 6.28. The molecule has 1 aromatic heterocycles. The Kier molecular flexibility index (Phi) is 6.84. The minimum atomic E-state index is 0. The molecule has 5 nitrogen and oxygen atoms in total. The first kappa shape index (κ1) is 16.5. The number of thiazole rings is 1. The number of nitrogens with one attached hydrogen (secondary N) is 1. The fraction of sp³-hybridized carbons (Fsp3) is 0.667. The summed E-state index contributed by atoms with van der Waals surface area (Å²) in [5, 5.41) is 6.52. The molecule has 1 N–H and O–H groups in total. The average Bonchev–Trinajstić information content (AvgIpc) is 3.00. The Balaban J connectivity index is 0.00000180. The Bertz CT molecular complexity index is 412. The van der Waals surface area contributed by atoms with Crippen molar-refractivity contribution in [1.29, 1.82) is 0 Å². The second kappa shape index (κ2) is 7.88. The molecule has 1 aliphatic rings. The second-order valence-corrected chi connectivity index (χ2v) is 5.45. The van der Waals surface area contributed by atoms with Crippen molar-refractivity contribution < 1.29 is 0 Å². The SMILES string of the molecule is CN=C(NCc1csc(N(C)C)n1)N1CCCC1.I. The van der Waals surface area contributed by atoms with Gasteiger partial charge in [-0.15, -0.1) is 35.3 Å². The molecule has 1 saturated heterocycles. The van der Waals surface area contributed by atoms with Gasteiger partial charge in [0.1, 0.15) is 0 Å². The van der Waals surface area contributed by atoms with E-state index in [4.69, 9.17) is 0 Å². The van der Waals surface area contributed by atoms with Crippen molar-refractivity contribution in [3.63, 3.8) is 0 Å². The Hall–Kier alpha value is -0.570. The maximum Gasteiger partial charge on any atom is 0.193 e. The van der Waals surface area contributed by atoms with Crippen molar-refractivity contribution in [1.82, 2.24) is 15.2 Å². The predicted molar refractivity (Wildman–Crippen MR) is 92.9 cm³/mol. The lowest BCUT2D eigenvalue weighted by molar-refractivity contribution is 0.493. The number of hydrogen-bond donors (Lipinski definition) is 1. The summed E-state index contributed by atoms with van der Waals surface area (Å²) in [6.07, 6.45) is 2.53. The van der Waals surface area contributed by atoms with Crippen LogP contribution >= 0.6 is 35.3 Å². The maximum atomic E-state index is 4.55. The van der Waals surface area contributed by atoms with Crippen LogP contribution in [0.5, 0.6) is 0 Å². The molecule has 108 valence electrons. The number of halogens is 1. The summed E-state index contributed by atoms with van der Waals surface area (Å²) in [6, 6.07) is 0. The molecule has 1 aliphatic heterocycles. The highest BCUT2D eigenvalue weighted by Crippen LogP contribution is 2.17. The predicted octanol–water partition coefficient (Wildman–Crippen LogP) is 2.00. The van der Waals surface area contributed by atoms with Crippen LogP contribution < -0.4 is 10.2 Å². The maximum absolute atomic E-state index is 4.55. The smallest absolute Gasteiger partial charge is 0.193 e. The van der Waals surface area contributed by atoms with Gasteiger partial charge in [-0.3, -0.25) is 4.99 Å². The fourth-order valence-electron chi connectivity index (χ4n) is 2.01. The molecule has 1 fully saturated rings. The number of guanidine groups is 1. The zero-order chi connectivity index (χ0) is 13.0. The third-order valence-corrected chi connectivity index (χ3v) is 4.02. The fourth-order valence-corrected chi connectivity index (χ4v) is 2.77. The van der Waals surface area contributed by atoms with Crippen LogP contribution in [-0.4, -0.2) is 50.1 Å². The van der Waals surface area contributed by atoms with E-state index in [2.05, 4.69) is 25.6 Å². The van der Waals surface area contributed by atoms with Gasteiger partial charge in [0.25, 0.3) is 0 Å². The van der Waals surface area contributed by atoms with Crippen molar-refractivity contribution in [3.05, 3.63) is 11.1 Å². The molecule has 0 saturated carbocycles. The summed E-state index contributed by atoms with van der Waals surface area (Å²) in [4.78, 5) is 13.2. The van der Waals surface area contributed by atoms with E-state index in [9.17, 15) is 0 Å². The lowest BCUT2D eigenvalue weighted by Crippen LogP contribution is -2.39. The number of likely N-dealkylation sites (tertiary alicyclic amines) is 1. The van der Waals surface area contributed by atoms with Crippen molar-refractivity contribution >= 4 is 46.4 Å². The summed E-state index contributed by atoms with van der Waals surface area (Å²) in [6.45, 7) is 2.97. The summed E-state index contributed by atoms with van der Waals surface area (Å²) in [5.74, 6) is 0.993. The lowest BCUT2D eigenvalue weighted by atomic mass is 10.4. The van der Waals surface area contributed by atoms with E-state index in [0.29, 0.717) is 0 Å². The van der Waals surface area contributed by atoms with Gasteiger partial charge in [-0.1, -0.05) is 0 Å². The molecule has 2 rings (SSSR count). The molecule has 0 unspecified atom stereocenters. The summed E-state index contributed by atoms with van der Waals surface area (Å²) in [5.41, 5.74) is 1.07. The summed E-state index contributed by atoms with van der Waals surface area (Å²) >= 11 is 1.67. The third kappa shape index (κ3) is 4.48. The van der Waals surface area contributed by atoms with Gasteiger partial charge < -0.3 is 15.1 Å². The zero-order valence-corrected chi connectivity index (χ0v) is 14.9. The Morgan fingerprint density at radius 1 is 1.47 bits per heavy atom. The van der Waals surface area contributed by atoms with E-state index in [-0.39, 0.29) is 24.0 Å². The molecular weight excluding hydrogens is 373 g/mol. The Morgan fingerprint density at radius 2 is 2.16 bits per heavy atom. The standard InChI is InChI=1S/C12H21N5S.HI/c1-13-11(17-6-4-5-7-17)14-8-10-9-18-12(15-10)16(2)3;/h9H,4-8H2,1-3H3,(H,13,14);1H. The molecule has 7 heteroatoms. The van der Waals surface area contributed by atoms with Crippen molar-refractivity contribution in [2.45, 2.75) is 19.4 Å². The van der Waals surface area contributed by atoms with E-state index in [1.54, 1.807) is 11.3 Å². The highest BCUT2D eigenvalue weighted by atomic mass is 127. The minimum absolute atomic E-state index is 0. The monoisotopic (exact) mass is 395 g/mol. The van der Waals surface area contributed by atoms with E-state index < -0.39 is 0 Å². The second-order valence-electron chi connectivity index (χ2n) is 4.61. The van der Waals surface area contributed by atoms with Gasteiger partial charge in [-0.2, -0.15) is 0 Å². The Labute approximate surface area is 136 Å². The minimum Gasteiger partial charge on any atom is -0.354 e. The number of anilines is 1. The molecule has 0 radical (unpaired) electrons. The van der Waals surface area contributed by atoms with Crippen LogP contribution in [0.25, 0.3) is 0 Å². The van der Waals surface area contributed by atoms with Crippen LogP contribution in [0.1, 0.15) is 18.5 Å². The largest absolute Gasteiger partial charge is 0.354 e. The van der Waals surface area contributed by atoms with Gasteiger partial charge in [0.05, 0.1) is 12.2 Å². The van der Waals surface area contributed by atoms with E-state index in [1.165, 1.54) is 12.8 Å². The highest BCUT2D eigenvalue weighted by Gasteiger charge is 2.15. The van der Waals surface area contributed by atoms with Crippen LogP contribution in [-0.2, 0) is 6.54 Å².